The third kappa shape index (κ3) is 5.90. The molecule has 172 valence electrons. The van der Waals surface area contributed by atoms with Crippen molar-refractivity contribution in [1.82, 2.24) is 4.98 Å². The molecule has 0 aliphatic carbocycles. The Bertz CT molecular complexity index is 1180. The van der Waals surface area contributed by atoms with Gasteiger partial charge in [0.1, 0.15) is 28.7 Å². The Hall–Kier alpha value is -3.38. The third-order valence-electron chi connectivity index (χ3n) is 5.66. The van der Waals surface area contributed by atoms with Gasteiger partial charge in [0.15, 0.2) is 0 Å². The van der Waals surface area contributed by atoms with Crippen molar-refractivity contribution in [2.75, 3.05) is 13.2 Å². The monoisotopic (exact) mass is 448 g/mol. The number of hydrogen-bond donors (Lipinski definition) is 1. The highest BCUT2D eigenvalue weighted by Gasteiger charge is 2.15. The van der Waals surface area contributed by atoms with Crippen molar-refractivity contribution in [2.24, 2.45) is 5.73 Å². The van der Waals surface area contributed by atoms with Crippen LogP contribution in [0.2, 0.25) is 0 Å². The van der Waals surface area contributed by atoms with E-state index in [0.717, 1.165) is 59.3 Å². The predicted octanol–water partition coefficient (Wildman–Crippen LogP) is 6.15. The van der Waals surface area contributed by atoms with Crippen LogP contribution in [0.25, 0.3) is 11.0 Å². The molecule has 0 spiro atoms. The minimum atomic E-state index is -0.299. The molecule has 33 heavy (non-hydrogen) atoms. The van der Waals surface area contributed by atoms with Gasteiger partial charge in [-0.3, -0.25) is 4.98 Å². The molecule has 6 heteroatoms. The summed E-state index contributed by atoms with van der Waals surface area (Å²) in [6, 6.07) is 15.9. The van der Waals surface area contributed by atoms with Crippen molar-refractivity contribution in [2.45, 2.75) is 38.6 Å². The minimum Gasteiger partial charge on any atom is -0.493 e. The molecular weight excluding hydrogens is 419 g/mol. The highest BCUT2D eigenvalue weighted by molar-refractivity contribution is 5.88. The number of halogens is 1. The molecule has 0 saturated heterocycles. The number of furan rings is 1. The molecule has 0 fully saturated rings. The van der Waals surface area contributed by atoms with Gasteiger partial charge in [-0.2, -0.15) is 0 Å². The van der Waals surface area contributed by atoms with E-state index in [1.54, 1.807) is 18.3 Å². The molecule has 2 heterocycles. The number of pyridine rings is 1. The van der Waals surface area contributed by atoms with Crippen LogP contribution in [0.4, 0.5) is 4.39 Å². The van der Waals surface area contributed by atoms with Crippen molar-refractivity contribution in [3.05, 3.63) is 89.7 Å². The molecule has 0 aliphatic rings. The van der Waals surface area contributed by atoms with Gasteiger partial charge in [-0.25, -0.2) is 4.39 Å². The lowest BCUT2D eigenvalue weighted by atomic mass is 10.1. The van der Waals surface area contributed by atoms with Gasteiger partial charge in [-0.05, 0) is 62.1 Å². The second kappa shape index (κ2) is 11.0. The van der Waals surface area contributed by atoms with Crippen LogP contribution >= 0.6 is 0 Å². The average Bonchev–Trinajstić information content (AvgIpc) is 3.16. The summed E-state index contributed by atoms with van der Waals surface area (Å²) in [5.41, 5.74) is 9.19. The van der Waals surface area contributed by atoms with Crippen molar-refractivity contribution in [3.8, 4) is 11.5 Å². The maximum absolute atomic E-state index is 13.3. The second-order valence-electron chi connectivity index (χ2n) is 8.07. The van der Waals surface area contributed by atoms with Crippen LogP contribution in [0.3, 0.4) is 0 Å². The van der Waals surface area contributed by atoms with E-state index in [1.165, 1.54) is 12.1 Å². The quantitative estimate of drug-likeness (QED) is 0.279. The molecule has 0 saturated carbocycles. The smallest absolute Gasteiger partial charge is 0.138 e. The van der Waals surface area contributed by atoms with Crippen LogP contribution in [-0.4, -0.2) is 18.2 Å². The van der Waals surface area contributed by atoms with Crippen LogP contribution in [0.5, 0.6) is 11.5 Å². The molecule has 0 bridgehead atoms. The molecule has 5 nitrogen and oxygen atoms in total. The summed E-state index contributed by atoms with van der Waals surface area (Å²) >= 11 is 0. The molecule has 1 atom stereocenters. The number of benzene rings is 2. The summed E-state index contributed by atoms with van der Waals surface area (Å²) in [5, 5.41) is 1.01. The van der Waals surface area contributed by atoms with E-state index in [2.05, 4.69) is 11.9 Å². The van der Waals surface area contributed by atoms with E-state index in [9.17, 15) is 4.39 Å². The number of hydrogen-bond acceptors (Lipinski definition) is 5. The summed E-state index contributed by atoms with van der Waals surface area (Å²) in [7, 11) is 0. The van der Waals surface area contributed by atoms with Gasteiger partial charge in [0.25, 0.3) is 0 Å². The second-order valence-corrected chi connectivity index (χ2v) is 8.07. The first kappa shape index (κ1) is 22.8. The van der Waals surface area contributed by atoms with E-state index in [-0.39, 0.29) is 11.9 Å². The molecule has 4 aromatic rings. The number of nitrogens with two attached hydrogens (primary N) is 1. The summed E-state index contributed by atoms with van der Waals surface area (Å²) < 4.78 is 31.1. The van der Waals surface area contributed by atoms with Gasteiger partial charge < -0.3 is 19.6 Å². The fourth-order valence-corrected chi connectivity index (χ4v) is 3.90. The number of aryl methyl sites for hydroxylation is 2. The van der Waals surface area contributed by atoms with Gasteiger partial charge in [-0.1, -0.05) is 18.2 Å². The number of nitrogens with zero attached hydrogens (tertiary/aromatic N) is 1. The molecule has 0 amide bonds. The Morgan fingerprint density at radius 2 is 1.88 bits per heavy atom. The fraction of sp³-hybridized carbons (Fsp3) is 0.296. The fourth-order valence-electron chi connectivity index (χ4n) is 3.90. The molecule has 1 unspecified atom stereocenters. The third-order valence-corrected chi connectivity index (χ3v) is 5.66. The molecule has 4 rings (SSSR count). The van der Waals surface area contributed by atoms with E-state index >= 15 is 0 Å². The zero-order chi connectivity index (χ0) is 23.0. The van der Waals surface area contributed by atoms with Crippen LogP contribution in [0, 0.1) is 12.7 Å². The SMILES string of the molecule is Cc1c(CCCOc2cccc(F)c2)oc2cccc(OCCCC(N)c3cccnc3)c12. The molecule has 0 aliphatic heterocycles. The van der Waals surface area contributed by atoms with Crippen LogP contribution in [-0.2, 0) is 6.42 Å². The minimum absolute atomic E-state index is 0.0463. The lowest BCUT2D eigenvalue weighted by molar-refractivity contribution is 0.305. The molecule has 2 aromatic carbocycles. The number of fused-ring (bicyclic) bond motifs is 1. The zero-order valence-electron chi connectivity index (χ0n) is 18.8. The van der Waals surface area contributed by atoms with Crippen molar-refractivity contribution < 1.29 is 18.3 Å². The summed E-state index contributed by atoms with van der Waals surface area (Å²) in [6.45, 7) is 3.12. The molecule has 2 N–H and O–H groups in total. The number of rotatable bonds is 11. The lowest BCUT2D eigenvalue weighted by Crippen LogP contribution is -2.12. The Morgan fingerprint density at radius 1 is 1.03 bits per heavy atom. The predicted molar refractivity (Wildman–Crippen MR) is 127 cm³/mol. The average molecular weight is 449 g/mol. The largest absolute Gasteiger partial charge is 0.493 e. The molecule has 0 radical (unpaired) electrons. The van der Waals surface area contributed by atoms with Gasteiger partial charge in [-0.15, -0.1) is 0 Å². The Labute approximate surface area is 193 Å². The first-order valence-corrected chi connectivity index (χ1v) is 11.3. The van der Waals surface area contributed by atoms with Crippen molar-refractivity contribution in [1.29, 1.82) is 0 Å². The van der Waals surface area contributed by atoms with E-state index in [1.807, 2.05) is 36.5 Å². The maximum atomic E-state index is 13.3. The molecular formula is C27H29FN2O3. The maximum Gasteiger partial charge on any atom is 0.138 e. The van der Waals surface area contributed by atoms with Crippen LogP contribution in [0.1, 0.15) is 42.2 Å². The summed E-state index contributed by atoms with van der Waals surface area (Å²) in [4.78, 5) is 4.13. The van der Waals surface area contributed by atoms with E-state index in [4.69, 9.17) is 19.6 Å². The lowest BCUT2D eigenvalue weighted by Gasteiger charge is -2.12. The summed E-state index contributed by atoms with van der Waals surface area (Å²) in [6.07, 6.45) is 6.72. The highest BCUT2D eigenvalue weighted by atomic mass is 19.1. The van der Waals surface area contributed by atoms with Gasteiger partial charge in [0.2, 0.25) is 0 Å². The molecule has 2 aromatic heterocycles. The number of ether oxygens (including phenoxy) is 2. The van der Waals surface area contributed by atoms with Crippen molar-refractivity contribution >= 4 is 11.0 Å². The van der Waals surface area contributed by atoms with Gasteiger partial charge in [0, 0.05) is 36.5 Å². The van der Waals surface area contributed by atoms with E-state index in [0.29, 0.717) is 19.0 Å². The van der Waals surface area contributed by atoms with Gasteiger partial charge in [0.05, 0.1) is 18.6 Å². The normalized spacial score (nSPS) is 12.1. The van der Waals surface area contributed by atoms with Crippen molar-refractivity contribution in [3.63, 3.8) is 0 Å². The Morgan fingerprint density at radius 3 is 2.70 bits per heavy atom. The summed E-state index contributed by atoms with van der Waals surface area (Å²) in [5.74, 6) is 1.98. The highest BCUT2D eigenvalue weighted by Crippen LogP contribution is 2.34. The number of aromatic nitrogens is 1. The van der Waals surface area contributed by atoms with E-state index < -0.39 is 0 Å². The van der Waals surface area contributed by atoms with Crippen LogP contribution < -0.4 is 15.2 Å². The first-order valence-electron chi connectivity index (χ1n) is 11.3. The first-order chi connectivity index (χ1) is 16.1. The zero-order valence-corrected chi connectivity index (χ0v) is 18.8. The standard InChI is InChI=1S/C27H29FN2O3/c1-19-24(13-6-15-31-22-9-2-8-21(28)17-22)33-26-12-3-11-25(27(19)26)32-16-5-10-23(29)20-7-4-14-30-18-20/h2-4,7-9,11-12,14,17-18,23H,5-6,10,13,15-16,29H2,1H3. The Balaban J connectivity index is 1.31. The van der Waals surface area contributed by atoms with Gasteiger partial charge >= 0.3 is 0 Å². The van der Waals surface area contributed by atoms with Crippen LogP contribution in [0.15, 0.2) is 71.4 Å². The topological polar surface area (TPSA) is 70.5 Å². The Kier molecular flexibility index (Phi) is 7.58.